The zero-order chi connectivity index (χ0) is 41.9. The first-order chi connectivity index (χ1) is 25.9. The van der Waals surface area contributed by atoms with E-state index in [1.165, 1.54) is 0 Å². The van der Waals surface area contributed by atoms with Gasteiger partial charge in [0.05, 0.1) is 66.1 Å². The zero-order valence-electron chi connectivity index (χ0n) is 37.0. The highest BCUT2D eigenvalue weighted by atomic mass is 32.2. The van der Waals surface area contributed by atoms with Crippen molar-refractivity contribution in [3.05, 3.63) is 61.6 Å². The molecule has 0 unspecified atom stereocenters. The van der Waals surface area contributed by atoms with E-state index in [2.05, 4.69) is 94.7 Å². The van der Waals surface area contributed by atoms with Gasteiger partial charge >= 0.3 is 0 Å². The predicted octanol–water partition coefficient (Wildman–Crippen LogP) is 10.5. The molecule has 11 heteroatoms. The van der Waals surface area contributed by atoms with E-state index < -0.39 is 50.7 Å². The van der Waals surface area contributed by atoms with Crippen LogP contribution in [0.3, 0.4) is 0 Å². The summed E-state index contributed by atoms with van der Waals surface area (Å²) in [7, 11) is -6.32. The SMILES string of the molecule is [CH2]CC[C@H]1CC(=C)[C@H](CC[C@H]2C[C@@H](C)C(=C)[C@@H](C[C@@H]3O[C@H](C[C@@H](CO[Si](C)(C)C(C)(C)C)O[Si](C)(C)C(C)(C)C)[C@H](OC)[C@H]3CS(=O)(=O)c3ccccc3)O2)O1. The molecule has 8 nitrogen and oxygen atoms in total. The van der Waals surface area contributed by atoms with Gasteiger partial charge in [-0.1, -0.05) is 93.2 Å². The van der Waals surface area contributed by atoms with Gasteiger partial charge in [-0.25, -0.2) is 8.42 Å². The summed E-state index contributed by atoms with van der Waals surface area (Å²) in [6.07, 6.45) is 4.79. The van der Waals surface area contributed by atoms with Crippen LogP contribution in [0.15, 0.2) is 59.5 Å². The number of hydrogen-bond donors (Lipinski definition) is 0. The lowest BCUT2D eigenvalue weighted by molar-refractivity contribution is -0.0782. The largest absolute Gasteiger partial charge is 0.414 e. The summed E-state index contributed by atoms with van der Waals surface area (Å²) in [6.45, 7) is 38.1. The van der Waals surface area contributed by atoms with E-state index >= 15 is 0 Å². The highest BCUT2D eigenvalue weighted by Gasteiger charge is 2.50. The maximum atomic E-state index is 14.1. The van der Waals surface area contributed by atoms with Crippen LogP contribution in [0.5, 0.6) is 0 Å². The number of rotatable bonds is 18. The van der Waals surface area contributed by atoms with Crippen molar-refractivity contribution in [3.8, 4) is 0 Å². The van der Waals surface area contributed by atoms with Gasteiger partial charge in [0.15, 0.2) is 26.5 Å². The van der Waals surface area contributed by atoms with Crippen molar-refractivity contribution in [1.29, 1.82) is 0 Å². The third-order valence-electron chi connectivity index (χ3n) is 13.6. The first-order valence-corrected chi connectivity index (χ1v) is 28.6. The van der Waals surface area contributed by atoms with Crippen molar-refractivity contribution in [2.45, 2.75) is 190 Å². The van der Waals surface area contributed by atoms with E-state index in [1.807, 2.05) is 6.07 Å². The Labute approximate surface area is 344 Å². The lowest BCUT2D eigenvalue weighted by atomic mass is 9.83. The second-order valence-electron chi connectivity index (χ2n) is 20.0. The molecule has 1 aromatic carbocycles. The molecule has 3 aliphatic rings. The Bertz CT molecular complexity index is 1550. The molecule has 3 heterocycles. The molecular formula is C45H77O8SSi2. The Morgan fingerprint density at radius 2 is 1.48 bits per heavy atom. The fraction of sp³-hybridized carbons (Fsp3) is 0.756. The molecule has 0 saturated carbocycles. The van der Waals surface area contributed by atoms with Crippen LogP contribution in [0.4, 0.5) is 0 Å². The molecule has 4 rings (SSSR count). The predicted molar refractivity (Wildman–Crippen MR) is 234 cm³/mol. The lowest BCUT2D eigenvalue weighted by Crippen LogP contribution is -2.49. The van der Waals surface area contributed by atoms with Crippen LogP contribution < -0.4 is 0 Å². The average Bonchev–Trinajstić information content (AvgIpc) is 3.60. The molecule has 0 aliphatic carbocycles. The van der Waals surface area contributed by atoms with Crippen molar-refractivity contribution >= 4 is 26.5 Å². The average molecular weight is 834 g/mol. The summed E-state index contributed by atoms with van der Waals surface area (Å²) >= 11 is 0. The summed E-state index contributed by atoms with van der Waals surface area (Å²) in [4.78, 5) is 0.305. The minimum Gasteiger partial charge on any atom is -0.414 e. The minimum absolute atomic E-state index is 0.00795. The van der Waals surface area contributed by atoms with Crippen LogP contribution in [-0.2, 0) is 37.6 Å². The van der Waals surface area contributed by atoms with Crippen LogP contribution in [0.25, 0.3) is 0 Å². The molecular weight excluding hydrogens is 757 g/mol. The monoisotopic (exact) mass is 833 g/mol. The van der Waals surface area contributed by atoms with E-state index in [4.69, 9.17) is 27.8 Å². The summed E-state index contributed by atoms with van der Waals surface area (Å²) in [5.74, 6) is -0.280. The van der Waals surface area contributed by atoms with Crippen LogP contribution in [0.2, 0.25) is 36.3 Å². The quantitative estimate of drug-likeness (QED) is 0.107. The second kappa shape index (κ2) is 19.0. The van der Waals surface area contributed by atoms with Crippen molar-refractivity contribution < 1.29 is 36.2 Å². The molecule has 0 spiro atoms. The van der Waals surface area contributed by atoms with Gasteiger partial charge in [0, 0.05) is 25.9 Å². The molecule has 3 fully saturated rings. The standard InChI is InChI=1S/C45H77O8SSi2/c1-16-20-34-26-32(3)39(50-34)24-23-35-25-31(2)33(4)40(51-35)28-41-38(30-54(46,47)37-21-18-17-19-22-37)43(48-11)42(52-41)27-36(53-56(14,15)45(8,9)10)29-49-55(12,13)44(5,6)7/h17-19,21-22,31,34-36,38-43H,1,3-4,16,20,23-30H2,2,5-15H3/t31-,34+,35+,36+,38+,39+,40-,41+,42-,43-/m1/s1. The van der Waals surface area contributed by atoms with E-state index in [-0.39, 0.29) is 52.3 Å². The summed E-state index contributed by atoms with van der Waals surface area (Å²) < 4.78 is 68.6. The Morgan fingerprint density at radius 1 is 0.857 bits per heavy atom. The van der Waals surface area contributed by atoms with Gasteiger partial charge < -0.3 is 27.8 Å². The van der Waals surface area contributed by atoms with Crippen LogP contribution in [0, 0.1) is 18.8 Å². The van der Waals surface area contributed by atoms with Crippen LogP contribution >= 0.6 is 0 Å². The Hall–Kier alpha value is -1.16. The van der Waals surface area contributed by atoms with Crippen molar-refractivity contribution in [2.24, 2.45) is 11.8 Å². The first kappa shape index (κ1) is 47.5. The number of benzene rings is 1. The van der Waals surface area contributed by atoms with Gasteiger partial charge in [-0.05, 0) is 97.6 Å². The Kier molecular flexibility index (Phi) is 16.2. The Morgan fingerprint density at radius 3 is 2.07 bits per heavy atom. The van der Waals surface area contributed by atoms with E-state index in [1.54, 1.807) is 31.4 Å². The van der Waals surface area contributed by atoms with Gasteiger partial charge in [-0.2, -0.15) is 0 Å². The van der Waals surface area contributed by atoms with Gasteiger partial charge in [-0.3, -0.25) is 0 Å². The molecule has 0 bridgehead atoms. The Balaban J connectivity index is 1.61. The maximum Gasteiger partial charge on any atom is 0.192 e. The molecule has 1 radical (unpaired) electrons. The topological polar surface area (TPSA) is 89.5 Å². The number of sulfone groups is 1. The molecule has 3 saturated heterocycles. The zero-order valence-corrected chi connectivity index (χ0v) is 39.8. The second-order valence-corrected chi connectivity index (χ2v) is 31.6. The molecule has 0 amide bonds. The van der Waals surface area contributed by atoms with Crippen molar-refractivity contribution in [3.63, 3.8) is 0 Å². The van der Waals surface area contributed by atoms with Gasteiger partial charge in [0.2, 0.25) is 0 Å². The summed E-state index contributed by atoms with van der Waals surface area (Å²) in [5.41, 5.74) is 2.20. The first-order valence-electron chi connectivity index (χ1n) is 21.1. The van der Waals surface area contributed by atoms with E-state index in [9.17, 15) is 8.42 Å². The third kappa shape index (κ3) is 12.0. The van der Waals surface area contributed by atoms with E-state index in [0.29, 0.717) is 24.3 Å². The van der Waals surface area contributed by atoms with Crippen LogP contribution in [-0.4, -0.2) is 93.4 Å². The van der Waals surface area contributed by atoms with Gasteiger partial charge in [0.25, 0.3) is 0 Å². The highest BCUT2D eigenvalue weighted by molar-refractivity contribution is 7.91. The molecule has 0 N–H and O–H groups in total. The molecule has 10 atom stereocenters. The fourth-order valence-corrected chi connectivity index (χ4v) is 12.0. The minimum atomic E-state index is -3.67. The van der Waals surface area contributed by atoms with E-state index in [0.717, 1.165) is 49.7 Å². The molecule has 0 aromatic heterocycles. The normalized spacial score (nSPS) is 30.3. The molecule has 56 heavy (non-hydrogen) atoms. The van der Waals surface area contributed by atoms with Crippen molar-refractivity contribution in [1.82, 2.24) is 0 Å². The summed E-state index contributed by atoms with van der Waals surface area (Å²) in [5, 5.41) is 0.0338. The lowest BCUT2D eigenvalue weighted by Gasteiger charge is -2.42. The smallest absolute Gasteiger partial charge is 0.192 e. The highest BCUT2D eigenvalue weighted by Crippen LogP contribution is 2.44. The van der Waals surface area contributed by atoms with Gasteiger partial charge in [-0.15, -0.1) is 0 Å². The number of ether oxygens (including phenoxy) is 4. The molecule has 3 aliphatic heterocycles. The number of methoxy groups -OCH3 is 1. The van der Waals surface area contributed by atoms with Crippen molar-refractivity contribution in [2.75, 3.05) is 19.5 Å². The molecule has 319 valence electrons. The third-order valence-corrected chi connectivity index (χ3v) is 24.5. The maximum absolute atomic E-state index is 14.1. The van der Waals surface area contributed by atoms with Gasteiger partial charge in [0.1, 0.15) is 0 Å². The fourth-order valence-electron chi connectivity index (χ4n) is 7.99. The van der Waals surface area contributed by atoms with Crippen LogP contribution in [0.1, 0.15) is 99.8 Å². The number of hydrogen-bond acceptors (Lipinski definition) is 8. The summed E-state index contributed by atoms with van der Waals surface area (Å²) in [6, 6.07) is 8.71. The molecule has 1 aromatic rings.